The van der Waals surface area contributed by atoms with Crippen LogP contribution in [0.5, 0.6) is 0 Å². The summed E-state index contributed by atoms with van der Waals surface area (Å²) in [5.74, 6) is 6.46. The Balaban J connectivity index is 2.40. The van der Waals surface area contributed by atoms with Crippen LogP contribution in [0.2, 0.25) is 0 Å². The average Bonchev–Trinajstić information content (AvgIpc) is 2.40. The van der Waals surface area contributed by atoms with E-state index in [0.717, 1.165) is 29.9 Å². The van der Waals surface area contributed by atoms with E-state index in [1.165, 1.54) is 12.8 Å². The molecule has 1 aliphatic carbocycles. The summed E-state index contributed by atoms with van der Waals surface area (Å²) in [6.45, 7) is 4.22. The van der Waals surface area contributed by atoms with Crippen LogP contribution in [0.15, 0.2) is 18.2 Å². The van der Waals surface area contributed by atoms with Crippen molar-refractivity contribution in [2.75, 3.05) is 14.1 Å². The van der Waals surface area contributed by atoms with Crippen LogP contribution in [-0.4, -0.2) is 24.5 Å². The summed E-state index contributed by atoms with van der Waals surface area (Å²) < 4.78 is 13.8. The van der Waals surface area contributed by atoms with E-state index in [9.17, 15) is 4.39 Å². The predicted molar refractivity (Wildman–Crippen MR) is 85.3 cm³/mol. The third-order valence-corrected chi connectivity index (χ3v) is 5.13. The largest absolute Gasteiger partial charge is 0.302 e. The van der Waals surface area contributed by atoms with Crippen molar-refractivity contribution < 1.29 is 4.39 Å². The molecular weight excluding hydrogens is 265 g/mol. The number of hydrazine groups is 1. The summed E-state index contributed by atoms with van der Waals surface area (Å²) in [5, 5.41) is 0. The fraction of sp³-hybridized carbons (Fsp3) is 0.647. The molecule has 2 rings (SSSR count). The molecular formula is C17H28FN3. The molecule has 0 heterocycles. The lowest BCUT2D eigenvalue weighted by atomic mass is 9.70. The zero-order valence-corrected chi connectivity index (χ0v) is 13.6. The molecule has 4 heteroatoms. The molecule has 1 atom stereocenters. The first kappa shape index (κ1) is 16.4. The normalized spacial score (nSPS) is 27.9. The van der Waals surface area contributed by atoms with Gasteiger partial charge in [0.2, 0.25) is 0 Å². The fourth-order valence-corrected chi connectivity index (χ4v) is 3.75. The van der Waals surface area contributed by atoms with Gasteiger partial charge < -0.3 is 4.90 Å². The van der Waals surface area contributed by atoms with E-state index in [-0.39, 0.29) is 17.4 Å². The summed E-state index contributed by atoms with van der Waals surface area (Å²) >= 11 is 0. The van der Waals surface area contributed by atoms with Gasteiger partial charge in [-0.2, -0.15) is 0 Å². The number of nitrogens with zero attached hydrogens (tertiary/aromatic N) is 1. The topological polar surface area (TPSA) is 41.3 Å². The monoisotopic (exact) mass is 293 g/mol. The van der Waals surface area contributed by atoms with Crippen molar-refractivity contribution >= 4 is 0 Å². The molecule has 0 saturated heterocycles. The Hall–Kier alpha value is -0.970. The summed E-state index contributed by atoms with van der Waals surface area (Å²) in [5.41, 5.74) is 4.79. The van der Waals surface area contributed by atoms with Crippen molar-refractivity contribution in [1.29, 1.82) is 0 Å². The van der Waals surface area contributed by atoms with Crippen LogP contribution in [0.1, 0.15) is 49.8 Å². The first-order valence-corrected chi connectivity index (χ1v) is 7.79. The highest BCUT2D eigenvalue weighted by atomic mass is 19.1. The van der Waals surface area contributed by atoms with E-state index < -0.39 is 0 Å². The van der Waals surface area contributed by atoms with Gasteiger partial charge in [0.25, 0.3) is 0 Å². The van der Waals surface area contributed by atoms with E-state index in [0.29, 0.717) is 0 Å². The Labute approximate surface area is 127 Å². The summed E-state index contributed by atoms with van der Waals surface area (Å²) in [4.78, 5) is 2.27. The number of benzene rings is 1. The number of nitrogens with two attached hydrogens (primary N) is 1. The smallest absolute Gasteiger partial charge is 0.123 e. The lowest BCUT2D eigenvalue weighted by Gasteiger charge is -2.49. The van der Waals surface area contributed by atoms with Crippen LogP contribution < -0.4 is 11.3 Å². The van der Waals surface area contributed by atoms with E-state index in [1.54, 1.807) is 12.1 Å². The van der Waals surface area contributed by atoms with E-state index >= 15 is 0 Å². The quantitative estimate of drug-likeness (QED) is 0.662. The molecule has 3 N–H and O–H groups in total. The Morgan fingerprint density at radius 3 is 2.38 bits per heavy atom. The predicted octanol–water partition coefficient (Wildman–Crippen LogP) is 3.15. The molecule has 0 aliphatic heterocycles. The average molecular weight is 293 g/mol. The van der Waals surface area contributed by atoms with Gasteiger partial charge in [0.05, 0.1) is 6.04 Å². The van der Waals surface area contributed by atoms with Crippen LogP contribution in [0.4, 0.5) is 4.39 Å². The number of rotatable bonds is 4. The lowest BCUT2D eigenvalue weighted by Crippen LogP contribution is -2.56. The highest BCUT2D eigenvalue weighted by Gasteiger charge is 2.43. The second-order valence-corrected chi connectivity index (χ2v) is 6.84. The van der Waals surface area contributed by atoms with Crippen LogP contribution in [0.25, 0.3) is 0 Å². The van der Waals surface area contributed by atoms with Gasteiger partial charge in [-0.05, 0) is 75.9 Å². The van der Waals surface area contributed by atoms with E-state index in [1.807, 2.05) is 13.0 Å². The zero-order valence-electron chi connectivity index (χ0n) is 13.6. The Morgan fingerprint density at radius 1 is 1.29 bits per heavy atom. The van der Waals surface area contributed by atoms with Crippen LogP contribution >= 0.6 is 0 Å². The number of likely N-dealkylation sites (N-methyl/N-ethyl adjacent to an activating group) is 1. The highest BCUT2D eigenvalue weighted by Crippen LogP contribution is 2.43. The first-order valence-electron chi connectivity index (χ1n) is 7.79. The molecule has 1 saturated carbocycles. The molecule has 21 heavy (non-hydrogen) atoms. The summed E-state index contributed by atoms with van der Waals surface area (Å²) in [6.07, 6.45) is 4.52. The molecule has 0 radical (unpaired) electrons. The third-order valence-electron chi connectivity index (χ3n) is 5.13. The zero-order chi connectivity index (χ0) is 15.6. The molecule has 1 aliphatic rings. The maximum atomic E-state index is 13.8. The molecule has 0 spiro atoms. The lowest BCUT2D eigenvalue weighted by molar-refractivity contribution is 0.0427. The highest BCUT2D eigenvalue weighted by molar-refractivity contribution is 5.29. The van der Waals surface area contributed by atoms with Gasteiger partial charge in [0.15, 0.2) is 0 Å². The second kappa shape index (κ2) is 6.42. The molecule has 0 amide bonds. The van der Waals surface area contributed by atoms with Crippen LogP contribution in [-0.2, 0) is 0 Å². The Kier molecular flexibility index (Phi) is 5.02. The molecule has 1 aromatic carbocycles. The van der Waals surface area contributed by atoms with Crippen molar-refractivity contribution in [3.05, 3.63) is 35.1 Å². The minimum atomic E-state index is -0.191. The van der Waals surface area contributed by atoms with Gasteiger partial charge >= 0.3 is 0 Å². The van der Waals surface area contributed by atoms with Crippen LogP contribution in [0, 0.1) is 18.7 Å². The number of hydrogen-bond donors (Lipinski definition) is 2. The van der Waals surface area contributed by atoms with Crippen molar-refractivity contribution in [3.63, 3.8) is 0 Å². The van der Waals surface area contributed by atoms with Gasteiger partial charge in [0, 0.05) is 5.54 Å². The van der Waals surface area contributed by atoms with E-state index in [4.69, 9.17) is 5.84 Å². The molecule has 0 aromatic heterocycles. The maximum Gasteiger partial charge on any atom is 0.123 e. The molecule has 118 valence electrons. The molecule has 0 bridgehead atoms. The standard InChI is InChI=1S/C17H28FN3/c1-12-5-7-17(8-6-12,21(3)4)16(20-19)14-9-13(2)10-15(18)11-14/h9-12,16,20H,5-8,19H2,1-4H3. The van der Waals surface area contributed by atoms with E-state index in [2.05, 4.69) is 31.3 Å². The minimum Gasteiger partial charge on any atom is -0.302 e. The summed E-state index contributed by atoms with van der Waals surface area (Å²) in [6, 6.07) is 5.15. The van der Waals surface area contributed by atoms with Crippen molar-refractivity contribution in [2.45, 2.75) is 51.1 Å². The second-order valence-electron chi connectivity index (χ2n) is 6.84. The minimum absolute atomic E-state index is 0.0541. The third kappa shape index (κ3) is 3.28. The number of aryl methyl sites for hydroxylation is 1. The Morgan fingerprint density at radius 2 is 1.90 bits per heavy atom. The van der Waals surface area contributed by atoms with Gasteiger partial charge in [-0.25, -0.2) is 4.39 Å². The number of hydrogen-bond acceptors (Lipinski definition) is 3. The summed E-state index contributed by atoms with van der Waals surface area (Å²) in [7, 11) is 4.21. The van der Waals surface area contributed by atoms with Crippen LogP contribution in [0.3, 0.4) is 0 Å². The molecule has 1 fully saturated rings. The van der Waals surface area contributed by atoms with Gasteiger partial charge in [-0.1, -0.05) is 13.0 Å². The SMILES string of the molecule is Cc1cc(F)cc(C(NN)C2(N(C)C)CCC(C)CC2)c1. The maximum absolute atomic E-state index is 13.8. The van der Waals surface area contributed by atoms with Gasteiger partial charge in [-0.15, -0.1) is 0 Å². The van der Waals surface area contributed by atoms with Gasteiger partial charge in [-0.3, -0.25) is 11.3 Å². The molecule has 1 aromatic rings. The number of nitrogens with one attached hydrogen (secondary N) is 1. The Bertz CT molecular complexity index is 459. The number of halogens is 1. The first-order chi connectivity index (χ1) is 9.89. The van der Waals surface area contributed by atoms with Crippen molar-refractivity contribution in [1.82, 2.24) is 10.3 Å². The fourth-order valence-electron chi connectivity index (χ4n) is 3.75. The molecule has 1 unspecified atom stereocenters. The van der Waals surface area contributed by atoms with Crippen molar-refractivity contribution in [3.8, 4) is 0 Å². The van der Waals surface area contributed by atoms with Crippen molar-refractivity contribution in [2.24, 2.45) is 11.8 Å². The molecule has 3 nitrogen and oxygen atoms in total. The van der Waals surface area contributed by atoms with Gasteiger partial charge in [0.1, 0.15) is 5.82 Å².